The maximum atomic E-state index is 8.62. The maximum absolute atomic E-state index is 8.62. The number of rotatable bonds is 3. The number of hydrogen-bond acceptors (Lipinski definition) is 1. The van der Waals surface area contributed by atoms with E-state index in [2.05, 4.69) is 65.4 Å². The molecule has 0 aliphatic rings. The van der Waals surface area contributed by atoms with Crippen LogP contribution in [-0.4, -0.2) is 14.6 Å². The molecule has 0 fully saturated rings. The van der Waals surface area contributed by atoms with Crippen molar-refractivity contribution in [1.29, 1.82) is 0 Å². The second-order valence-electron chi connectivity index (χ2n) is 6.05. The lowest BCUT2D eigenvalue weighted by atomic mass is 9.94. The van der Waals surface area contributed by atoms with Crippen LogP contribution in [0.1, 0.15) is 11.5 Å². The molecule has 2 aromatic rings. The van der Waals surface area contributed by atoms with Gasteiger partial charge in [0.15, 0.2) is 0 Å². The molecule has 0 bridgehead atoms. The van der Waals surface area contributed by atoms with Crippen molar-refractivity contribution in [2.75, 3.05) is 6.54 Å². The molecule has 0 aliphatic carbocycles. The molecule has 0 N–H and O–H groups in total. The lowest BCUT2D eigenvalue weighted by molar-refractivity contribution is 0.875. The topological polar surface area (TPSA) is 48.8 Å². The molecule has 106 valence electrons. The van der Waals surface area contributed by atoms with Crippen molar-refractivity contribution in [3.05, 3.63) is 58.5 Å². The predicted octanol–water partition coefficient (Wildman–Crippen LogP) is 5.11. The molecule has 0 aromatic heterocycles. The van der Waals surface area contributed by atoms with Crippen molar-refractivity contribution in [3.63, 3.8) is 0 Å². The van der Waals surface area contributed by atoms with E-state index in [4.69, 9.17) is 5.53 Å². The minimum absolute atomic E-state index is 0.0428. The number of nitrogens with zero attached hydrogens (tertiary/aromatic N) is 3. The summed E-state index contributed by atoms with van der Waals surface area (Å²) < 4.78 is 0. The normalized spacial score (nSPS) is 12.1. The highest BCUT2D eigenvalue weighted by molar-refractivity contribution is 6.83. The zero-order valence-electron chi connectivity index (χ0n) is 12.7. The zero-order chi connectivity index (χ0) is 15.3. The van der Waals surface area contributed by atoms with Gasteiger partial charge in [-0.25, -0.2) is 0 Å². The van der Waals surface area contributed by atoms with Crippen LogP contribution in [0, 0.1) is 11.5 Å². The van der Waals surface area contributed by atoms with Gasteiger partial charge in [0, 0.05) is 11.5 Å². The Kier molecular flexibility index (Phi) is 4.69. The molecule has 0 radical (unpaired) electrons. The van der Waals surface area contributed by atoms with Crippen LogP contribution in [0.4, 0.5) is 0 Å². The third kappa shape index (κ3) is 4.12. The highest BCUT2D eigenvalue weighted by atomic mass is 28.3. The van der Waals surface area contributed by atoms with Crippen molar-refractivity contribution < 1.29 is 0 Å². The Morgan fingerprint density at radius 3 is 2.57 bits per heavy atom. The number of fused-ring (bicyclic) bond motifs is 1. The van der Waals surface area contributed by atoms with Gasteiger partial charge in [-0.1, -0.05) is 67.2 Å². The standard InChI is InChI=1S/C17H19N3Si/c1-21(2,3)12-11-15(13-19-20-18)17-10-6-8-14-7-4-5-9-16(14)17/h4-10,15H,13H2,1-3H3/t15-/m1/s1. The molecule has 21 heavy (non-hydrogen) atoms. The third-order valence-corrected chi connectivity index (χ3v) is 4.04. The Hall–Kier alpha value is -2.21. The molecule has 0 amide bonds. The number of hydrogen-bond donors (Lipinski definition) is 0. The molecule has 0 heterocycles. The van der Waals surface area contributed by atoms with Gasteiger partial charge in [0.05, 0.1) is 5.92 Å². The Labute approximate surface area is 126 Å². The summed E-state index contributed by atoms with van der Waals surface area (Å²) in [5.74, 6) is 3.31. The van der Waals surface area contributed by atoms with E-state index in [0.29, 0.717) is 6.54 Å². The molecule has 0 unspecified atom stereocenters. The summed E-state index contributed by atoms with van der Waals surface area (Å²) >= 11 is 0. The first kappa shape index (κ1) is 15.2. The second kappa shape index (κ2) is 6.49. The third-order valence-electron chi connectivity index (χ3n) is 3.15. The lowest BCUT2D eigenvalue weighted by Gasteiger charge is -2.13. The number of azide groups is 1. The minimum atomic E-state index is -1.46. The van der Waals surface area contributed by atoms with Gasteiger partial charge >= 0.3 is 0 Å². The Balaban J connectivity index is 2.52. The van der Waals surface area contributed by atoms with Gasteiger partial charge < -0.3 is 0 Å². The summed E-state index contributed by atoms with van der Waals surface area (Å²) in [6.45, 7) is 7.02. The molecule has 0 spiro atoms. The average molecular weight is 293 g/mol. The van der Waals surface area contributed by atoms with Crippen LogP contribution >= 0.6 is 0 Å². The molecule has 0 aliphatic heterocycles. The molecule has 0 saturated carbocycles. The Bertz CT molecular complexity index is 738. The van der Waals surface area contributed by atoms with E-state index in [-0.39, 0.29) is 5.92 Å². The van der Waals surface area contributed by atoms with E-state index < -0.39 is 8.07 Å². The van der Waals surface area contributed by atoms with Gasteiger partial charge in [-0.15, -0.1) is 11.5 Å². The fraction of sp³-hybridized carbons (Fsp3) is 0.294. The van der Waals surface area contributed by atoms with Gasteiger partial charge in [0.2, 0.25) is 0 Å². The van der Waals surface area contributed by atoms with Crippen LogP contribution in [0.2, 0.25) is 19.6 Å². The molecular formula is C17H19N3Si. The largest absolute Gasteiger partial charge is 0.131 e. The lowest BCUT2D eigenvalue weighted by Crippen LogP contribution is -2.17. The van der Waals surface area contributed by atoms with E-state index in [0.717, 1.165) is 5.56 Å². The van der Waals surface area contributed by atoms with Crippen molar-refractivity contribution in [2.24, 2.45) is 5.11 Å². The van der Waals surface area contributed by atoms with Crippen LogP contribution in [0.25, 0.3) is 21.2 Å². The van der Waals surface area contributed by atoms with Crippen molar-refractivity contribution in [1.82, 2.24) is 0 Å². The molecular weight excluding hydrogens is 274 g/mol. The first-order chi connectivity index (χ1) is 10.0. The summed E-state index contributed by atoms with van der Waals surface area (Å²) in [5.41, 5.74) is 13.2. The van der Waals surface area contributed by atoms with Crippen LogP contribution in [0.5, 0.6) is 0 Å². The predicted molar refractivity (Wildman–Crippen MR) is 91.8 cm³/mol. The highest BCUT2D eigenvalue weighted by Gasteiger charge is 2.13. The summed E-state index contributed by atoms with van der Waals surface area (Å²) in [6, 6.07) is 14.5. The van der Waals surface area contributed by atoms with Crippen LogP contribution < -0.4 is 0 Å². The maximum Gasteiger partial charge on any atom is 0.129 e. The van der Waals surface area contributed by atoms with Crippen molar-refractivity contribution >= 4 is 18.8 Å². The van der Waals surface area contributed by atoms with Gasteiger partial charge in [0.1, 0.15) is 8.07 Å². The van der Waals surface area contributed by atoms with Gasteiger partial charge in [-0.2, -0.15) is 0 Å². The molecule has 2 aromatic carbocycles. The summed E-state index contributed by atoms with van der Waals surface area (Å²) in [6.07, 6.45) is 0. The van der Waals surface area contributed by atoms with E-state index in [1.807, 2.05) is 18.2 Å². The summed E-state index contributed by atoms with van der Waals surface area (Å²) in [7, 11) is -1.46. The quantitative estimate of drug-likeness (QED) is 0.248. The van der Waals surface area contributed by atoms with Crippen molar-refractivity contribution in [3.8, 4) is 11.5 Å². The summed E-state index contributed by atoms with van der Waals surface area (Å²) in [4.78, 5) is 2.89. The fourth-order valence-electron chi connectivity index (χ4n) is 2.20. The van der Waals surface area contributed by atoms with Crippen molar-refractivity contribution in [2.45, 2.75) is 25.6 Å². The van der Waals surface area contributed by atoms with Gasteiger partial charge in [-0.3, -0.25) is 0 Å². The Morgan fingerprint density at radius 1 is 1.14 bits per heavy atom. The van der Waals surface area contributed by atoms with E-state index >= 15 is 0 Å². The summed E-state index contributed by atoms with van der Waals surface area (Å²) in [5, 5.41) is 6.12. The van der Waals surface area contributed by atoms with Crippen LogP contribution in [0.15, 0.2) is 47.6 Å². The SMILES string of the molecule is C[Si](C)(C)C#C[C@H](CN=[N+]=[N-])c1cccc2ccccc12. The number of benzene rings is 2. The minimum Gasteiger partial charge on any atom is -0.131 e. The highest BCUT2D eigenvalue weighted by Crippen LogP contribution is 2.26. The fourth-order valence-corrected chi connectivity index (χ4v) is 2.81. The average Bonchev–Trinajstić information content (AvgIpc) is 2.46. The first-order valence-corrected chi connectivity index (χ1v) is 10.5. The van der Waals surface area contributed by atoms with Crippen LogP contribution in [-0.2, 0) is 0 Å². The zero-order valence-corrected chi connectivity index (χ0v) is 13.7. The van der Waals surface area contributed by atoms with E-state index in [1.54, 1.807) is 0 Å². The van der Waals surface area contributed by atoms with Gasteiger partial charge in [0.25, 0.3) is 0 Å². The van der Waals surface area contributed by atoms with Crippen LogP contribution in [0.3, 0.4) is 0 Å². The van der Waals surface area contributed by atoms with E-state index in [9.17, 15) is 0 Å². The first-order valence-electron chi connectivity index (χ1n) is 7.02. The molecule has 2 rings (SSSR count). The monoisotopic (exact) mass is 293 g/mol. The van der Waals surface area contributed by atoms with Gasteiger partial charge in [-0.05, 0) is 21.9 Å². The Morgan fingerprint density at radius 2 is 1.86 bits per heavy atom. The molecule has 1 atom stereocenters. The second-order valence-corrected chi connectivity index (χ2v) is 10.8. The van der Waals surface area contributed by atoms with E-state index in [1.165, 1.54) is 10.8 Å². The molecule has 4 heteroatoms. The molecule has 3 nitrogen and oxygen atoms in total. The molecule has 0 saturated heterocycles. The smallest absolute Gasteiger partial charge is 0.129 e.